The van der Waals surface area contributed by atoms with Crippen LogP contribution in [-0.4, -0.2) is 6.54 Å². The van der Waals surface area contributed by atoms with Crippen LogP contribution in [0.15, 0.2) is 46.2 Å². The number of halogens is 3. The molecule has 0 bridgehead atoms. The first-order valence-corrected chi connectivity index (χ1v) is 7.41. The Balaban J connectivity index is 2.26. The van der Waals surface area contributed by atoms with Crippen LogP contribution in [0.1, 0.15) is 12.5 Å². The average molecular weight is 314 g/mol. The van der Waals surface area contributed by atoms with Crippen LogP contribution in [0.2, 0.25) is 5.02 Å². The van der Waals surface area contributed by atoms with E-state index in [0.29, 0.717) is 16.5 Å². The van der Waals surface area contributed by atoms with Gasteiger partial charge >= 0.3 is 0 Å². The third-order valence-electron chi connectivity index (χ3n) is 2.71. The standard InChI is InChI=1S/C15H14ClF2NS/c1-2-19-9-10-3-4-11(16)7-15(10)20-12-5-6-13(17)14(18)8-12/h3-8,19H,2,9H2,1H3. The van der Waals surface area contributed by atoms with Gasteiger partial charge in [0.2, 0.25) is 0 Å². The van der Waals surface area contributed by atoms with Crippen LogP contribution >= 0.6 is 23.4 Å². The zero-order valence-electron chi connectivity index (χ0n) is 10.9. The largest absolute Gasteiger partial charge is 0.313 e. The normalized spacial score (nSPS) is 10.8. The predicted molar refractivity (Wildman–Crippen MR) is 79.3 cm³/mol. The molecule has 0 heterocycles. The minimum Gasteiger partial charge on any atom is -0.313 e. The summed E-state index contributed by atoms with van der Waals surface area (Å²) in [7, 11) is 0. The molecule has 0 unspecified atom stereocenters. The van der Waals surface area contributed by atoms with Gasteiger partial charge in [0.25, 0.3) is 0 Å². The number of benzene rings is 2. The molecular formula is C15H14ClF2NS. The highest BCUT2D eigenvalue weighted by Crippen LogP contribution is 2.33. The number of hydrogen-bond acceptors (Lipinski definition) is 2. The van der Waals surface area contributed by atoms with Crippen molar-refractivity contribution in [3.63, 3.8) is 0 Å². The molecule has 2 aromatic rings. The van der Waals surface area contributed by atoms with Crippen molar-refractivity contribution in [3.05, 3.63) is 58.6 Å². The molecule has 1 nitrogen and oxygen atoms in total. The molecule has 0 aliphatic rings. The number of nitrogens with one attached hydrogen (secondary N) is 1. The molecule has 0 aliphatic carbocycles. The Morgan fingerprint density at radius 3 is 2.60 bits per heavy atom. The monoisotopic (exact) mass is 313 g/mol. The van der Waals surface area contributed by atoms with Crippen LogP contribution < -0.4 is 5.32 Å². The molecular weight excluding hydrogens is 300 g/mol. The molecule has 2 aromatic carbocycles. The maximum Gasteiger partial charge on any atom is 0.159 e. The molecule has 0 fully saturated rings. The quantitative estimate of drug-likeness (QED) is 0.844. The molecule has 0 saturated carbocycles. The van der Waals surface area contributed by atoms with Gasteiger partial charge in [0.1, 0.15) is 0 Å². The second-order valence-electron chi connectivity index (χ2n) is 4.21. The molecule has 0 saturated heterocycles. The molecule has 0 amide bonds. The number of rotatable bonds is 5. The molecule has 5 heteroatoms. The highest BCUT2D eigenvalue weighted by Gasteiger charge is 2.08. The summed E-state index contributed by atoms with van der Waals surface area (Å²) in [5, 5.41) is 3.86. The second kappa shape index (κ2) is 7.07. The summed E-state index contributed by atoms with van der Waals surface area (Å²) in [4.78, 5) is 1.58. The lowest BCUT2D eigenvalue weighted by Gasteiger charge is -2.10. The Morgan fingerprint density at radius 2 is 1.90 bits per heavy atom. The van der Waals surface area contributed by atoms with Crippen LogP contribution in [-0.2, 0) is 6.54 Å². The molecule has 20 heavy (non-hydrogen) atoms. The molecule has 0 spiro atoms. The van der Waals surface area contributed by atoms with E-state index in [1.807, 2.05) is 25.1 Å². The number of hydrogen-bond donors (Lipinski definition) is 1. The Morgan fingerprint density at radius 1 is 1.10 bits per heavy atom. The van der Waals surface area contributed by atoms with Crippen molar-refractivity contribution in [2.45, 2.75) is 23.3 Å². The summed E-state index contributed by atoms with van der Waals surface area (Å²) in [6.45, 7) is 3.59. The van der Waals surface area contributed by atoms with Crippen LogP contribution in [0.25, 0.3) is 0 Å². The summed E-state index contributed by atoms with van der Waals surface area (Å²) >= 11 is 7.38. The predicted octanol–water partition coefficient (Wildman–Crippen LogP) is 4.88. The molecule has 106 valence electrons. The lowest BCUT2D eigenvalue weighted by Crippen LogP contribution is -2.12. The lowest BCUT2D eigenvalue weighted by atomic mass is 10.2. The smallest absolute Gasteiger partial charge is 0.159 e. The average Bonchev–Trinajstić information content (AvgIpc) is 2.42. The fraction of sp³-hybridized carbons (Fsp3) is 0.200. The minimum absolute atomic E-state index is 0.621. The van der Waals surface area contributed by atoms with E-state index in [1.54, 1.807) is 6.07 Å². The van der Waals surface area contributed by atoms with E-state index in [1.165, 1.54) is 17.8 Å². The van der Waals surface area contributed by atoms with Crippen molar-refractivity contribution in [3.8, 4) is 0 Å². The Bertz CT molecular complexity index is 604. The highest BCUT2D eigenvalue weighted by molar-refractivity contribution is 7.99. The SMILES string of the molecule is CCNCc1ccc(Cl)cc1Sc1ccc(F)c(F)c1. The van der Waals surface area contributed by atoms with Crippen molar-refractivity contribution in [1.29, 1.82) is 0 Å². The van der Waals surface area contributed by atoms with E-state index in [-0.39, 0.29) is 0 Å². The van der Waals surface area contributed by atoms with Gasteiger partial charge in [-0.05, 0) is 42.4 Å². The third-order valence-corrected chi connectivity index (χ3v) is 4.04. The van der Waals surface area contributed by atoms with Gasteiger partial charge in [-0.15, -0.1) is 0 Å². The second-order valence-corrected chi connectivity index (χ2v) is 5.76. The molecule has 0 aromatic heterocycles. The van der Waals surface area contributed by atoms with Gasteiger partial charge in [-0.3, -0.25) is 0 Å². The van der Waals surface area contributed by atoms with Gasteiger partial charge in [-0.25, -0.2) is 8.78 Å². The zero-order valence-corrected chi connectivity index (χ0v) is 12.5. The molecule has 0 atom stereocenters. The van der Waals surface area contributed by atoms with Gasteiger partial charge in [0.15, 0.2) is 11.6 Å². The van der Waals surface area contributed by atoms with E-state index in [0.717, 1.165) is 23.1 Å². The topological polar surface area (TPSA) is 12.0 Å². The Hall–Kier alpha value is -1.10. The van der Waals surface area contributed by atoms with E-state index < -0.39 is 11.6 Å². The highest BCUT2D eigenvalue weighted by atomic mass is 35.5. The summed E-state index contributed by atoms with van der Waals surface area (Å²) in [6, 6.07) is 9.47. The van der Waals surface area contributed by atoms with Crippen molar-refractivity contribution in [2.24, 2.45) is 0 Å². The Kier molecular flexibility index (Phi) is 5.40. The van der Waals surface area contributed by atoms with Gasteiger partial charge in [0, 0.05) is 21.4 Å². The van der Waals surface area contributed by atoms with Crippen LogP contribution in [0.4, 0.5) is 8.78 Å². The van der Waals surface area contributed by atoms with Crippen molar-refractivity contribution in [2.75, 3.05) is 6.54 Å². The van der Waals surface area contributed by atoms with Gasteiger partial charge < -0.3 is 5.32 Å². The fourth-order valence-electron chi connectivity index (χ4n) is 1.70. The maximum atomic E-state index is 13.2. The third kappa shape index (κ3) is 3.95. The van der Waals surface area contributed by atoms with Crippen LogP contribution in [0.3, 0.4) is 0 Å². The molecule has 2 rings (SSSR count). The summed E-state index contributed by atoms with van der Waals surface area (Å²) in [6.07, 6.45) is 0. The van der Waals surface area contributed by atoms with Gasteiger partial charge in [0.05, 0.1) is 0 Å². The lowest BCUT2D eigenvalue weighted by molar-refractivity contribution is 0.506. The summed E-state index contributed by atoms with van der Waals surface area (Å²) in [5.41, 5.74) is 1.07. The molecule has 0 aliphatic heterocycles. The maximum absolute atomic E-state index is 13.2. The minimum atomic E-state index is -0.842. The summed E-state index contributed by atoms with van der Waals surface area (Å²) in [5.74, 6) is -1.68. The van der Waals surface area contributed by atoms with E-state index in [2.05, 4.69) is 5.32 Å². The first-order chi connectivity index (χ1) is 9.60. The van der Waals surface area contributed by atoms with E-state index in [9.17, 15) is 8.78 Å². The summed E-state index contributed by atoms with van der Waals surface area (Å²) < 4.78 is 26.2. The molecule has 1 N–H and O–H groups in total. The molecule has 0 radical (unpaired) electrons. The Labute approximate surface area is 126 Å². The van der Waals surface area contributed by atoms with Crippen molar-refractivity contribution < 1.29 is 8.78 Å². The first kappa shape index (κ1) is 15.3. The van der Waals surface area contributed by atoms with E-state index in [4.69, 9.17) is 11.6 Å². The van der Waals surface area contributed by atoms with E-state index >= 15 is 0 Å². The fourth-order valence-corrected chi connectivity index (χ4v) is 2.94. The van der Waals surface area contributed by atoms with Crippen molar-refractivity contribution in [1.82, 2.24) is 5.32 Å². The van der Waals surface area contributed by atoms with Crippen LogP contribution in [0, 0.1) is 11.6 Å². The zero-order chi connectivity index (χ0) is 14.5. The van der Waals surface area contributed by atoms with Crippen molar-refractivity contribution >= 4 is 23.4 Å². The van der Waals surface area contributed by atoms with Gasteiger partial charge in [-0.2, -0.15) is 0 Å². The first-order valence-electron chi connectivity index (χ1n) is 6.22. The van der Waals surface area contributed by atoms with Crippen LogP contribution in [0.5, 0.6) is 0 Å². The van der Waals surface area contributed by atoms with Gasteiger partial charge in [-0.1, -0.05) is 36.4 Å².